The number of hydrogen-bond acceptors (Lipinski definition) is 6. The number of halogens is 1. The minimum Gasteiger partial charge on any atom is -0.465 e. The molecule has 9 heteroatoms. The van der Waals surface area contributed by atoms with Crippen molar-refractivity contribution < 1.29 is 19.1 Å². The van der Waals surface area contributed by atoms with Crippen LogP contribution < -0.4 is 10.6 Å². The van der Waals surface area contributed by atoms with E-state index in [0.717, 1.165) is 11.3 Å². The summed E-state index contributed by atoms with van der Waals surface area (Å²) < 4.78 is 4.64. The van der Waals surface area contributed by atoms with Crippen molar-refractivity contribution >= 4 is 57.7 Å². The highest BCUT2D eigenvalue weighted by atomic mass is 35.5. The molecule has 130 valence electrons. The predicted molar refractivity (Wildman–Crippen MR) is 96.9 cm³/mol. The van der Waals surface area contributed by atoms with Crippen LogP contribution in [0, 0.1) is 11.3 Å². The number of nitrogens with one attached hydrogen (secondary N) is 2. The monoisotopic (exact) mass is 387 g/mol. The van der Waals surface area contributed by atoms with Gasteiger partial charge in [0.1, 0.15) is 16.5 Å². The second-order valence-corrected chi connectivity index (χ2v) is 6.47. The van der Waals surface area contributed by atoms with Gasteiger partial charge >= 0.3 is 5.97 Å². The molecule has 0 spiro atoms. The number of nitrogens with zero attached hydrogens (tertiary/aromatic N) is 1. The summed E-state index contributed by atoms with van der Waals surface area (Å²) in [6.45, 7) is 0. The second-order valence-electron chi connectivity index (χ2n) is 5.11. The van der Waals surface area contributed by atoms with Gasteiger partial charge in [0.15, 0.2) is 0 Å². The molecule has 0 saturated heterocycles. The van der Waals surface area contributed by atoms with Crippen molar-refractivity contribution in [3.63, 3.8) is 0 Å². The number of ether oxygens (including phenoxy) is 1. The second kappa shape index (κ2) is 7.00. The van der Waals surface area contributed by atoms with Gasteiger partial charge in [-0.15, -0.1) is 11.3 Å². The number of nitriles is 1. The van der Waals surface area contributed by atoms with Gasteiger partial charge in [-0.2, -0.15) is 5.26 Å². The van der Waals surface area contributed by atoms with Crippen molar-refractivity contribution in [2.75, 3.05) is 17.7 Å². The maximum atomic E-state index is 12.6. The fourth-order valence-electron chi connectivity index (χ4n) is 2.45. The molecular weight excluding hydrogens is 378 g/mol. The predicted octanol–water partition coefficient (Wildman–Crippen LogP) is 3.06. The molecule has 1 aliphatic rings. The van der Waals surface area contributed by atoms with E-state index in [2.05, 4.69) is 15.4 Å². The highest BCUT2D eigenvalue weighted by Gasteiger charge is 2.31. The Balaban J connectivity index is 2.02. The smallest absolute Gasteiger partial charge is 0.350 e. The van der Waals surface area contributed by atoms with Crippen LogP contribution in [0.15, 0.2) is 35.2 Å². The number of esters is 1. The highest BCUT2D eigenvalue weighted by molar-refractivity contribution is 7.12. The number of carbonyl (C=O) groups excluding carboxylic acids is 3. The number of anilines is 2. The zero-order valence-corrected chi connectivity index (χ0v) is 14.8. The Labute approximate surface area is 156 Å². The van der Waals surface area contributed by atoms with E-state index in [1.165, 1.54) is 19.2 Å². The fourth-order valence-corrected chi connectivity index (χ4v) is 3.39. The number of methoxy groups -OCH3 is 1. The zero-order chi connectivity index (χ0) is 18.8. The molecule has 7 nitrogen and oxygen atoms in total. The van der Waals surface area contributed by atoms with Crippen molar-refractivity contribution in [2.45, 2.75) is 0 Å². The number of hydrogen-bond donors (Lipinski definition) is 2. The van der Waals surface area contributed by atoms with E-state index >= 15 is 0 Å². The summed E-state index contributed by atoms with van der Waals surface area (Å²) in [5, 5.41) is 16.5. The van der Waals surface area contributed by atoms with Crippen LogP contribution in [0.1, 0.15) is 15.2 Å². The molecular formula is C17H10ClN3O4S. The summed E-state index contributed by atoms with van der Waals surface area (Å²) in [5.74, 6) is -2.00. The van der Waals surface area contributed by atoms with Crippen LogP contribution in [-0.4, -0.2) is 24.9 Å². The topological polar surface area (TPSA) is 108 Å². The third-order valence-electron chi connectivity index (χ3n) is 3.60. The summed E-state index contributed by atoms with van der Waals surface area (Å²) >= 11 is 7.04. The van der Waals surface area contributed by atoms with Crippen molar-refractivity contribution in [1.82, 2.24) is 0 Å². The zero-order valence-electron chi connectivity index (χ0n) is 13.3. The average Bonchev–Trinajstić information content (AvgIpc) is 3.20. The van der Waals surface area contributed by atoms with Crippen LogP contribution in [0.4, 0.5) is 11.4 Å². The molecule has 0 fully saturated rings. The molecule has 0 saturated carbocycles. The van der Waals surface area contributed by atoms with Crippen LogP contribution in [-0.2, 0) is 14.3 Å². The van der Waals surface area contributed by atoms with Crippen LogP contribution in [0.3, 0.4) is 0 Å². The van der Waals surface area contributed by atoms with Crippen molar-refractivity contribution in [2.24, 2.45) is 0 Å². The molecule has 1 aromatic carbocycles. The molecule has 2 heterocycles. The number of fused-ring (bicyclic) bond motifs is 1. The van der Waals surface area contributed by atoms with Gasteiger partial charge in [0.25, 0.3) is 11.8 Å². The van der Waals surface area contributed by atoms with E-state index in [4.69, 9.17) is 11.6 Å². The fraction of sp³-hybridized carbons (Fsp3) is 0.0588. The first-order valence-electron chi connectivity index (χ1n) is 7.19. The van der Waals surface area contributed by atoms with E-state index in [9.17, 15) is 19.6 Å². The minimum absolute atomic E-state index is 0.0719. The number of carbonyl (C=O) groups is 3. The van der Waals surface area contributed by atoms with Crippen LogP contribution in [0.25, 0.3) is 5.57 Å². The molecule has 0 atom stereocenters. The highest BCUT2D eigenvalue weighted by Crippen LogP contribution is 2.36. The van der Waals surface area contributed by atoms with Crippen molar-refractivity contribution in [3.05, 3.63) is 50.7 Å². The van der Waals surface area contributed by atoms with Gasteiger partial charge in [-0.1, -0.05) is 11.6 Å². The molecule has 2 N–H and O–H groups in total. The number of benzene rings is 1. The summed E-state index contributed by atoms with van der Waals surface area (Å²) in [6, 6.07) is 7.94. The van der Waals surface area contributed by atoms with Gasteiger partial charge in [0.2, 0.25) is 0 Å². The van der Waals surface area contributed by atoms with Crippen LogP contribution >= 0.6 is 22.9 Å². The first-order chi connectivity index (χ1) is 12.5. The van der Waals surface area contributed by atoms with E-state index in [1.807, 2.05) is 0 Å². The van der Waals surface area contributed by atoms with Gasteiger partial charge in [-0.25, -0.2) is 4.79 Å². The normalized spacial score (nSPS) is 14.1. The molecule has 0 aliphatic carbocycles. The summed E-state index contributed by atoms with van der Waals surface area (Å²) in [4.78, 5) is 36.7. The Morgan fingerprint density at radius 2 is 2.12 bits per heavy atom. The Kier molecular flexibility index (Phi) is 4.75. The van der Waals surface area contributed by atoms with Crippen LogP contribution in [0.2, 0.25) is 5.02 Å². The van der Waals surface area contributed by atoms with Crippen molar-refractivity contribution in [1.29, 1.82) is 5.26 Å². The molecule has 0 bridgehead atoms. The Morgan fingerprint density at radius 3 is 2.81 bits per heavy atom. The quantitative estimate of drug-likeness (QED) is 0.478. The lowest BCUT2D eigenvalue weighted by Gasteiger charge is -2.06. The summed E-state index contributed by atoms with van der Waals surface area (Å²) in [5.41, 5.74) is 0.571. The number of rotatable bonds is 3. The SMILES string of the molecule is COC(=O)c1sccc1NC(=O)/C(C#N)=C1\C(=O)Nc2ccc(Cl)cc21. The van der Waals surface area contributed by atoms with Crippen molar-refractivity contribution in [3.8, 4) is 6.07 Å². The minimum atomic E-state index is -0.811. The molecule has 2 amide bonds. The van der Waals surface area contributed by atoms with Gasteiger partial charge in [0.05, 0.1) is 18.4 Å². The molecule has 2 aromatic rings. The molecule has 1 aromatic heterocycles. The Bertz CT molecular complexity index is 1020. The van der Waals surface area contributed by atoms with Gasteiger partial charge in [-0.05, 0) is 29.6 Å². The molecule has 0 radical (unpaired) electrons. The average molecular weight is 388 g/mol. The third-order valence-corrected chi connectivity index (χ3v) is 4.73. The molecule has 3 rings (SSSR count). The largest absolute Gasteiger partial charge is 0.465 e. The van der Waals surface area contributed by atoms with Gasteiger partial charge in [0, 0.05) is 16.3 Å². The van der Waals surface area contributed by atoms with E-state index in [1.54, 1.807) is 23.6 Å². The van der Waals surface area contributed by atoms with Gasteiger partial charge < -0.3 is 15.4 Å². The lowest BCUT2D eigenvalue weighted by atomic mass is 10.0. The molecule has 0 unspecified atom stereocenters. The third kappa shape index (κ3) is 3.06. The molecule has 1 aliphatic heterocycles. The first-order valence-corrected chi connectivity index (χ1v) is 8.44. The van der Waals surface area contributed by atoms with Crippen LogP contribution in [0.5, 0.6) is 0 Å². The lowest BCUT2D eigenvalue weighted by Crippen LogP contribution is -2.18. The maximum Gasteiger partial charge on any atom is 0.350 e. The van der Waals surface area contributed by atoms with E-state index in [0.29, 0.717) is 16.3 Å². The summed E-state index contributed by atoms with van der Waals surface area (Å²) in [7, 11) is 1.22. The first kappa shape index (κ1) is 17.7. The summed E-state index contributed by atoms with van der Waals surface area (Å²) in [6.07, 6.45) is 0. The standard InChI is InChI=1S/C17H10ClN3O4S/c1-25-17(24)14-12(4-5-26-14)21-15(22)10(7-19)13-9-6-8(18)2-3-11(9)20-16(13)23/h2-6H,1H3,(H,20,23)(H,21,22)/b13-10-. The van der Waals surface area contributed by atoms with E-state index in [-0.39, 0.29) is 21.7 Å². The van der Waals surface area contributed by atoms with Gasteiger partial charge in [-0.3, -0.25) is 9.59 Å². The lowest BCUT2D eigenvalue weighted by molar-refractivity contribution is -0.113. The number of amides is 2. The van der Waals surface area contributed by atoms with E-state index < -0.39 is 17.8 Å². The Hall–Kier alpha value is -3.15. The number of thiophene rings is 1. The maximum absolute atomic E-state index is 12.6. The Morgan fingerprint density at radius 1 is 1.35 bits per heavy atom. The molecule has 26 heavy (non-hydrogen) atoms.